The van der Waals surface area contributed by atoms with Crippen LogP contribution in [-0.2, 0) is 9.53 Å². The van der Waals surface area contributed by atoms with Crippen LogP contribution in [0.4, 0.5) is 0 Å². The number of aliphatic hydroxyl groups excluding tert-OH is 1. The zero-order valence-corrected chi connectivity index (χ0v) is 11.8. The predicted molar refractivity (Wildman–Crippen MR) is 77.5 cm³/mol. The quantitative estimate of drug-likeness (QED) is 0.702. The van der Waals surface area contributed by atoms with Crippen LogP contribution in [0.3, 0.4) is 0 Å². The normalized spacial score (nSPS) is 12.3. The molecule has 0 fully saturated rings. The third-order valence-corrected chi connectivity index (χ3v) is 2.57. The minimum atomic E-state index is -0.403. The largest absolute Gasteiger partial charge is 0.493 e. The first-order chi connectivity index (χ1) is 9.71. The Morgan fingerprint density at radius 2 is 2.20 bits per heavy atom. The molecule has 1 aromatic rings. The lowest BCUT2D eigenvalue weighted by molar-refractivity contribution is -0.117. The van der Waals surface area contributed by atoms with Crippen LogP contribution in [0.5, 0.6) is 5.75 Å². The van der Waals surface area contributed by atoms with Gasteiger partial charge in [-0.1, -0.05) is 18.2 Å². The summed E-state index contributed by atoms with van der Waals surface area (Å²) in [6.07, 6.45) is 3.09. The van der Waals surface area contributed by atoms with E-state index in [4.69, 9.17) is 14.6 Å². The number of hydrogen-bond acceptors (Lipinski definition) is 4. The number of methoxy groups -OCH3 is 1. The van der Waals surface area contributed by atoms with E-state index in [1.54, 1.807) is 6.08 Å². The van der Waals surface area contributed by atoms with Crippen molar-refractivity contribution in [2.45, 2.75) is 13.0 Å². The fourth-order valence-electron chi connectivity index (χ4n) is 1.66. The highest BCUT2D eigenvalue weighted by molar-refractivity contribution is 5.92. The number of amides is 1. The van der Waals surface area contributed by atoms with Gasteiger partial charge in [-0.3, -0.25) is 4.79 Å². The summed E-state index contributed by atoms with van der Waals surface area (Å²) in [7, 11) is 1.52. The summed E-state index contributed by atoms with van der Waals surface area (Å²) < 4.78 is 10.4. The Morgan fingerprint density at radius 1 is 1.45 bits per heavy atom. The molecule has 1 aromatic carbocycles. The van der Waals surface area contributed by atoms with Crippen LogP contribution in [0.2, 0.25) is 0 Å². The third kappa shape index (κ3) is 5.42. The Bertz CT molecular complexity index is 445. The van der Waals surface area contributed by atoms with Gasteiger partial charge >= 0.3 is 0 Å². The van der Waals surface area contributed by atoms with Crippen molar-refractivity contribution in [3.05, 3.63) is 35.9 Å². The molecule has 0 radical (unpaired) electrons. The molecule has 20 heavy (non-hydrogen) atoms. The van der Waals surface area contributed by atoms with Gasteiger partial charge in [-0.2, -0.15) is 0 Å². The molecule has 5 heteroatoms. The van der Waals surface area contributed by atoms with Gasteiger partial charge in [-0.25, -0.2) is 0 Å². The fraction of sp³-hybridized carbons (Fsp3) is 0.400. The second-order valence-electron chi connectivity index (χ2n) is 4.15. The van der Waals surface area contributed by atoms with Gasteiger partial charge in [-0.05, 0) is 19.1 Å². The van der Waals surface area contributed by atoms with Crippen molar-refractivity contribution in [2.75, 3.05) is 26.9 Å². The summed E-state index contributed by atoms with van der Waals surface area (Å²) in [6, 6.07) is 7.07. The summed E-state index contributed by atoms with van der Waals surface area (Å²) in [6.45, 7) is 2.58. The highest BCUT2D eigenvalue weighted by atomic mass is 16.5. The zero-order chi connectivity index (χ0) is 14.8. The van der Waals surface area contributed by atoms with Crippen LogP contribution >= 0.6 is 0 Å². The average Bonchev–Trinajstić information content (AvgIpc) is 2.46. The lowest BCUT2D eigenvalue weighted by atomic mass is 10.2. The summed E-state index contributed by atoms with van der Waals surface area (Å²) >= 11 is 0. The van der Waals surface area contributed by atoms with Gasteiger partial charge in [0.2, 0.25) is 5.91 Å². The first-order valence-electron chi connectivity index (χ1n) is 6.51. The van der Waals surface area contributed by atoms with E-state index in [1.807, 2.05) is 31.2 Å². The van der Waals surface area contributed by atoms with Crippen molar-refractivity contribution in [1.29, 1.82) is 0 Å². The lowest BCUT2D eigenvalue weighted by Crippen LogP contribution is -2.39. The van der Waals surface area contributed by atoms with Crippen LogP contribution in [-0.4, -0.2) is 44.0 Å². The van der Waals surface area contributed by atoms with Crippen molar-refractivity contribution in [3.63, 3.8) is 0 Å². The molecule has 0 heterocycles. The molecule has 0 aliphatic heterocycles. The Kier molecular flexibility index (Phi) is 7.39. The van der Waals surface area contributed by atoms with Crippen molar-refractivity contribution in [3.8, 4) is 5.75 Å². The highest BCUT2D eigenvalue weighted by Crippen LogP contribution is 2.19. The van der Waals surface area contributed by atoms with E-state index in [-0.39, 0.29) is 19.1 Å². The summed E-state index contributed by atoms with van der Waals surface area (Å²) in [5, 5.41) is 11.7. The number of benzene rings is 1. The third-order valence-electron chi connectivity index (χ3n) is 2.57. The molecule has 1 rings (SSSR count). The molecule has 1 amide bonds. The molecule has 5 nitrogen and oxygen atoms in total. The second-order valence-corrected chi connectivity index (χ2v) is 4.15. The Labute approximate surface area is 119 Å². The maximum Gasteiger partial charge on any atom is 0.244 e. The molecule has 0 aliphatic rings. The van der Waals surface area contributed by atoms with Crippen LogP contribution in [0.25, 0.3) is 6.08 Å². The smallest absolute Gasteiger partial charge is 0.244 e. The number of rotatable bonds is 8. The van der Waals surface area contributed by atoms with Crippen molar-refractivity contribution < 1.29 is 19.4 Å². The molecular formula is C15H21NO4. The van der Waals surface area contributed by atoms with E-state index in [0.717, 1.165) is 11.3 Å². The lowest BCUT2D eigenvalue weighted by Gasteiger charge is -2.13. The van der Waals surface area contributed by atoms with Crippen LogP contribution < -0.4 is 10.1 Å². The van der Waals surface area contributed by atoms with Gasteiger partial charge in [-0.15, -0.1) is 0 Å². The van der Waals surface area contributed by atoms with Crippen molar-refractivity contribution >= 4 is 12.0 Å². The maximum atomic E-state index is 11.7. The first kappa shape index (κ1) is 16.2. The monoisotopic (exact) mass is 279 g/mol. The van der Waals surface area contributed by atoms with Crippen LogP contribution in [0.15, 0.2) is 30.3 Å². The fourth-order valence-corrected chi connectivity index (χ4v) is 1.66. The van der Waals surface area contributed by atoms with Gasteiger partial charge < -0.3 is 19.9 Å². The molecule has 0 spiro atoms. The minimum absolute atomic E-state index is 0.164. The van der Waals surface area contributed by atoms with Crippen molar-refractivity contribution in [1.82, 2.24) is 5.32 Å². The maximum absolute atomic E-state index is 11.7. The van der Waals surface area contributed by atoms with Gasteiger partial charge in [0.1, 0.15) is 5.75 Å². The van der Waals surface area contributed by atoms with Crippen LogP contribution in [0, 0.1) is 0 Å². The second kappa shape index (κ2) is 9.12. The number of aliphatic hydroxyl groups is 1. The number of carbonyl (C=O) groups is 1. The number of ether oxygens (including phenoxy) is 2. The van der Waals surface area contributed by atoms with E-state index in [9.17, 15) is 4.79 Å². The summed E-state index contributed by atoms with van der Waals surface area (Å²) in [5.74, 6) is 0.446. The molecule has 1 atom stereocenters. The molecule has 2 N–H and O–H groups in total. The minimum Gasteiger partial charge on any atom is -0.493 e. The predicted octanol–water partition coefficient (Wildman–Crippen LogP) is 1.22. The average molecular weight is 279 g/mol. The zero-order valence-electron chi connectivity index (χ0n) is 11.8. The molecule has 110 valence electrons. The molecular weight excluding hydrogens is 258 g/mol. The van der Waals surface area contributed by atoms with E-state index >= 15 is 0 Å². The summed E-state index contributed by atoms with van der Waals surface area (Å²) in [5.41, 5.74) is 0.830. The van der Waals surface area contributed by atoms with E-state index in [2.05, 4.69) is 5.32 Å². The molecule has 1 unspecified atom stereocenters. The van der Waals surface area contributed by atoms with Gasteiger partial charge in [0.15, 0.2) is 0 Å². The molecule has 0 saturated heterocycles. The van der Waals surface area contributed by atoms with E-state index < -0.39 is 6.04 Å². The first-order valence-corrected chi connectivity index (χ1v) is 6.51. The molecule has 0 aromatic heterocycles. The van der Waals surface area contributed by atoms with Crippen molar-refractivity contribution in [2.24, 2.45) is 0 Å². The highest BCUT2D eigenvalue weighted by Gasteiger charge is 2.08. The number of hydrogen-bond donors (Lipinski definition) is 2. The Balaban J connectivity index is 2.65. The number of nitrogens with one attached hydrogen (secondary N) is 1. The van der Waals surface area contributed by atoms with Gasteiger partial charge in [0.25, 0.3) is 0 Å². The van der Waals surface area contributed by atoms with Gasteiger partial charge in [0, 0.05) is 18.7 Å². The van der Waals surface area contributed by atoms with Gasteiger partial charge in [0.05, 0.1) is 25.9 Å². The molecule has 0 saturated carbocycles. The number of para-hydroxylation sites is 1. The summed E-state index contributed by atoms with van der Waals surface area (Å²) in [4.78, 5) is 11.7. The van der Waals surface area contributed by atoms with E-state index in [1.165, 1.54) is 13.2 Å². The van der Waals surface area contributed by atoms with E-state index in [0.29, 0.717) is 6.61 Å². The SMILES string of the molecule is CCOc1ccccc1/C=C/C(=O)NC(CO)COC. The number of carbonyl (C=O) groups excluding carboxylic acids is 1. The van der Waals surface area contributed by atoms with Crippen LogP contribution in [0.1, 0.15) is 12.5 Å². The standard InChI is InChI=1S/C15H21NO4/c1-3-20-14-7-5-4-6-12(14)8-9-15(18)16-13(10-17)11-19-2/h4-9,13,17H,3,10-11H2,1-2H3,(H,16,18)/b9-8+. The molecule has 0 bridgehead atoms. The topological polar surface area (TPSA) is 67.8 Å². The Hall–Kier alpha value is -1.85. The molecule has 0 aliphatic carbocycles. The Morgan fingerprint density at radius 3 is 2.85 bits per heavy atom.